The van der Waals surface area contributed by atoms with E-state index >= 15 is 0 Å². The summed E-state index contributed by atoms with van der Waals surface area (Å²) in [4.78, 5) is 25.3. The van der Waals surface area contributed by atoms with Crippen LogP contribution in [-0.2, 0) is 17.4 Å². The number of rotatable bonds is 7. The zero-order valence-corrected chi connectivity index (χ0v) is 18.6. The summed E-state index contributed by atoms with van der Waals surface area (Å²) in [5, 5.41) is 9.06. The molecule has 0 atom stereocenters. The fourth-order valence-electron chi connectivity index (χ4n) is 3.25. The maximum atomic E-state index is 12.7. The summed E-state index contributed by atoms with van der Waals surface area (Å²) in [5.41, 5.74) is 1.04. The lowest BCUT2D eigenvalue weighted by Gasteiger charge is -2.11. The molecule has 0 spiro atoms. The second kappa shape index (κ2) is 10.2. The van der Waals surface area contributed by atoms with Crippen LogP contribution in [0.4, 0.5) is 42.0 Å². The van der Waals surface area contributed by atoms with Gasteiger partial charge in [-0.2, -0.15) is 13.2 Å². The average molecular weight is 478 g/mol. The van der Waals surface area contributed by atoms with Crippen LogP contribution in [0.3, 0.4) is 0 Å². The predicted molar refractivity (Wildman–Crippen MR) is 128 cm³/mol. The van der Waals surface area contributed by atoms with E-state index < -0.39 is 11.7 Å². The smallest absolute Gasteiger partial charge is 0.340 e. The second-order valence-corrected chi connectivity index (χ2v) is 7.65. The van der Waals surface area contributed by atoms with Crippen molar-refractivity contribution in [2.24, 2.45) is 0 Å². The first-order chi connectivity index (χ1) is 16.7. The molecule has 0 aliphatic rings. The molecule has 0 bridgehead atoms. The Morgan fingerprint density at radius 3 is 2.11 bits per heavy atom. The molecule has 1 amide bonds. The molecule has 0 radical (unpaired) electrons. The summed E-state index contributed by atoms with van der Waals surface area (Å²) < 4.78 is 38.0. The lowest BCUT2D eigenvalue weighted by Crippen LogP contribution is -2.14. The van der Waals surface area contributed by atoms with E-state index in [4.69, 9.17) is 0 Å². The van der Waals surface area contributed by atoms with Crippen LogP contribution in [0, 0.1) is 6.92 Å². The normalized spacial score (nSPS) is 11.1. The number of amides is 1. The SMILES string of the molecule is Cc1nc(Nc2ccc(NC(=O)Cc3ccc(C(F)(F)F)cc3)cc2)cc(Nc2ccccn2)n1. The van der Waals surface area contributed by atoms with Crippen molar-refractivity contribution in [3.05, 3.63) is 95.9 Å². The molecule has 2 heterocycles. The van der Waals surface area contributed by atoms with E-state index in [-0.39, 0.29) is 12.3 Å². The zero-order valence-electron chi connectivity index (χ0n) is 18.6. The van der Waals surface area contributed by atoms with Crippen molar-refractivity contribution in [1.29, 1.82) is 0 Å². The molecular weight excluding hydrogens is 457 g/mol. The van der Waals surface area contributed by atoms with Gasteiger partial charge in [0.15, 0.2) is 0 Å². The van der Waals surface area contributed by atoms with Crippen molar-refractivity contribution in [2.75, 3.05) is 16.0 Å². The summed E-state index contributed by atoms with van der Waals surface area (Å²) in [6.45, 7) is 1.78. The van der Waals surface area contributed by atoms with Gasteiger partial charge in [0, 0.05) is 23.6 Å². The Kier molecular flexibility index (Phi) is 6.91. The number of anilines is 5. The second-order valence-electron chi connectivity index (χ2n) is 7.65. The van der Waals surface area contributed by atoms with Gasteiger partial charge in [-0.05, 0) is 61.0 Å². The highest BCUT2D eigenvalue weighted by Gasteiger charge is 2.29. The Balaban J connectivity index is 1.35. The maximum Gasteiger partial charge on any atom is 0.416 e. The summed E-state index contributed by atoms with van der Waals surface area (Å²) >= 11 is 0. The number of carbonyl (C=O) groups excluding carboxylic acids is 1. The van der Waals surface area contributed by atoms with E-state index in [2.05, 4.69) is 30.9 Å². The van der Waals surface area contributed by atoms with Gasteiger partial charge in [0.25, 0.3) is 0 Å². The summed E-state index contributed by atoms with van der Waals surface area (Å²) in [5.74, 6) is 2.07. The molecule has 0 aliphatic heterocycles. The van der Waals surface area contributed by atoms with Crippen LogP contribution in [0.1, 0.15) is 17.0 Å². The van der Waals surface area contributed by atoms with Gasteiger partial charge in [0.05, 0.1) is 12.0 Å². The van der Waals surface area contributed by atoms with Crippen LogP contribution in [0.25, 0.3) is 0 Å². The Morgan fingerprint density at radius 2 is 1.49 bits per heavy atom. The Morgan fingerprint density at radius 1 is 0.829 bits per heavy atom. The number of carbonyl (C=O) groups is 1. The molecule has 35 heavy (non-hydrogen) atoms. The third-order valence-electron chi connectivity index (χ3n) is 4.85. The number of nitrogens with zero attached hydrogens (tertiary/aromatic N) is 3. The van der Waals surface area contributed by atoms with E-state index in [1.807, 2.05) is 18.2 Å². The Hall–Kier alpha value is -4.47. The molecular formula is C25H21F3N6O. The van der Waals surface area contributed by atoms with Gasteiger partial charge in [0.2, 0.25) is 5.91 Å². The van der Waals surface area contributed by atoms with Crippen molar-refractivity contribution >= 4 is 34.7 Å². The summed E-state index contributed by atoms with van der Waals surface area (Å²) in [7, 11) is 0. The van der Waals surface area contributed by atoms with Gasteiger partial charge in [-0.25, -0.2) is 15.0 Å². The van der Waals surface area contributed by atoms with Gasteiger partial charge in [-0.1, -0.05) is 18.2 Å². The van der Waals surface area contributed by atoms with Gasteiger partial charge < -0.3 is 16.0 Å². The number of alkyl halides is 3. The Bertz CT molecular complexity index is 1290. The van der Waals surface area contributed by atoms with E-state index in [9.17, 15) is 18.0 Å². The summed E-state index contributed by atoms with van der Waals surface area (Å²) in [6.07, 6.45) is -2.76. The number of halogens is 3. The summed E-state index contributed by atoms with van der Waals surface area (Å²) in [6, 6.07) is 18.8. The first-order valence-electron chi connectivity index (χ1n) is 10.6. The van der Waals surface area contributed by atoms with Gasteiger partial charge in [-0.15, -0.1) is 0 Å². The van der Waals surface area contributed by atoms with Crippen LogP contribution >= 0.6 is 0 Å². The highest BCUT2D eigenvalue weighted by atomic mass is 19.4. The van der Waals surface area contributed by atoms with Crippen molar-refractivity contribution in [3.8, 4) is 0 Å². The maximum absolute atomic E-state index is 12.7. The van der Waals surface area contributed by atoms with Crippen LogP contribution in [0.5, 0.6) is 0 Å². The third-order valence-corrected chi connectivity index (χ3v) is 4.85. The molecule has 3 N–H and O–H groups in total. The fourth-order valence-corrected chi connectivity index (χ4v) is 3.25. The minimum atomic E-state index is -4.40. The number of hydrogen-bond acceptors (Lipinski definition) is 6. The first kappa shape index (κ1) is 23.7. The molecule has 0 saturated heterocycles. The van der Waals surface area contributed by atoms with Crippen molar-refractivity contribution in [3.63, 3.8) is 0 Å². The quantitative estimate of drug-likeness (QED) is 0.308. The van der Waals surface area contributed by atoms with Gasteiger partial charge in [0.1, 0.15) is 23.3 Å². The first-order valence-corrected chi connectivity index (χ1v) is 10.6. The molecule has 0 aliphatic carbocycles. The molecule has 0 saturated carbocycles. The van der Waals surface area contributed by atoms with E-state index in [1.54, 1.807) is 43.5 Å². The number of hydrogen-bond donors (Lipinski definition) is 3. The highest BCUT2D eigenvalue weighted by molar-refractivity contribution is 5.92. The molecule has 7 nitrogen and oxygen atoms in total. The zero-order chi connectivity index (χ0) is 24.8. The lowest BCUT2D eigenvalue weighted by molar-refractivity contribution is -0.137. The third kappa shape index (κ3) is 6.76. The van der Waals surface area contributed by atoms with Crippen molar-refractivity contribution in [1.82, 2.24) is 15.0 Å². The van der Waals surface area contributed by atoms with Crippen LogP contribution in [0.2, 0.25) is 0 Å². The van der Waals surface area contributed by atoms with Crippen LogP contribution in [-0.4, -0.2) is 20.9 Å². The monoisotopic (exact) mass is 478 g/mol. The number of aromatic nitrogens is 3. The minimum Gasteiger partial charge on any atom is -0.340 e. The fraction of sp³-hybridized carbons (Fsp3) is 0.120. The number of pyridine rings is 1. The number of nitrogens with one attached hydrogen (secondary N) is 3. The van der Waals surface area contributed by atoms with E-state index in [1.165, 1.54) is 12.1 Å². The topological polar surface area (TPSA) is 91.8 Å². The molecule has 4 aromatic rings. The van der Waals surface area contributed by atoms with Crippen molar-refractivity contribution < 1.29 is 18.0 Å². The van der Waals surface area contributed by atoms with Gasteiger partial charge >= 0.3 is 6.18 Å². The average Bonchev–Trinajstić information content (AvgIpc) is 2.80. The van der Waals surface area contributed by atoms with Crippen LogP contribution < -0.4 is 16.0 Å². The molecule has 178 valence electrons. The largest absolute Gasteiger partial charge is 0.416 e. The predicted octanol–water partition coefficient (Wildman–Crippen LogP) is 5.87. The molecule has 10 heteroatoms. The highest BCUT2D eigenvalue weighted by Crippen LogP contribution is 2.29. The molecule has 4 rings (SSSR count). The number of benzene rings is 2. The van der Waals surface area contributed by atoms with Crippen molar-refractivity contribution in [2.45, 2.75) is 19.5 Å². The van der Waals surface area contributed by atoms with E-state index in [0.717, 1.165) is 17.8 Å². The van der Waals surface area contributed by atoms with Gasteiger partial charge in [-0.3, -0.25) is 4.79 Å². The van der Waals surface area contributed by atoms with E-state index in [0.29, 0.717) is 34.5 Å². The molecule has 0 fully saturated rings. The minimum absolute atomic E-state index is 0.0373. The number of aryl methyl sites for hydroxylation is 1. The molecule has 0 unspecified atom stereocenters. The standard InChI is InChI=1S/C25H21F3N6O/c1-16-30-22(15-23(31-16)34-21-4-2-3-13-29-21)32-19-9-11-20(12-10-19)33-24(35)14-17-5-7-18(8-6-17)25(26,27)28/h2-13,15H,14H2,1H3,(H,33,35)(H2,29,30,31,32,34). The lowest BCUT2D eigenvalue weighted by atomic mass is 10.1. The Labute approximate surface area is 199 Å². The van der Waals surface area contributed by atoms with Crippen LogP contribution in [0.15, 0.2) is 79.0 Å². The molecule has 2 aromatic carbocycles. The molecule has 2 aromatic heterocycles.